The molecule has 2 atom stereocenters. The third-order valence-electron chi connectivity index (χ3n) is 4.81. The van der Waals surface area contributed by atoms with Gasteiger partial charge in [0, 0.05) is 5.69 Å². The van der Waals surface area contributed by atoms with Crippen LogP contribution >= 0.6 is 0 Å². The van der Waals surface area contributed by atoms with E-state index in [0.29, 0.717) is 18.9 Å². The number of hydrogen-bond donors (Lipinski definition) is 0. The summed E-state index contributed by atoms with van der Waals surface area (Å²) in [5, 5.41) is 0. The standard InChI is InChI=1S/C19H23NO4/c1-12(2)11-15-16(19(15,3)4)17(21)24-14-7-5-13(6-8-14)20-9-10-23-18(20)22/h5-8,11,15-16H,9-10H2,1-4H3/t15-,16+/m0/s1. The highest BCUT2D eigenvalue weighted by Gasteiger charge is 2.61. The van der Waals surface area contributed by atoms with E-state index in [1.807, 2.05) is 13.8 Å². The van der Waals surface area contributed by atoms with Crippen LogP contribution in [-0.2, 0) is 9.53 Å². The van der Waals surface area contributed by atoms with E-state index in [9.17, 15) is 9.59 Å². The number of rotatable bonds is 4. The molecule has 1 aromatic carbocycles. The van der Waals surface area contributed by atoms with Gasteiger partial charge in [-0.3, -0.25) is 9.69 Å². The Kier molecular flexibility index (Phi) is 4.11. The average molecular weight is 329 g/mol. The Morgan fingerprint density at radius 1 is 1.29 bits per heavy atom. The smallest absolute Gasteiger partial charge is 0.414 e. The zero-order chi connectivity index (χ0) is 17.5. The summed E-state index contributed by atoms with van der Waals surface area (Å²) in [4.78, 5) is 25.5. The maximum Gasteiger partial charge on any atom is 0.414 e. The summed E-state index contributed by atoms with van der Waals surface area (Å²) < 4.78 is 10.4. The molecule has 5 heteroatoms. The number of anilines is 1. The first-order valence-electron chi connectivity index (χ1n) is 8.22. The van der Waals surface area contributed by atoms with Crippen molar-refractivity contribution in [2.45, 2.75) is 27.7 Å². The summed E-state index contributed by atoms with van der Waals surface area (Å²) in [6.45, 7) is 9.20. The molecule has 1 aromatic rings. The fourth-order valence-corrected chi connectivity index (χ4v) is 3.30. The summed E-state index contributed by atoms with van der Waals surface area (Å²) in [6.07, 6.45) is 1.80. The number of esters is 1. The lowest BCUT2D eigenvalue weighted by molar-refractivity contribution is -0.136. The molecule has 128 valence electrons. The lowest BCUT2D eigenvalue weighted by Crippen LogP contribution is -2.23. The second kappa shape index (κ2) is 5.96. The van der Waals surface area contributed by atoms with Crippen LogP contribution < -0.4 is 9.64 Å². The molecule has 3 rings (SSSR count). The Bertz CT molecular complexity index is 686. The van der Waals surface area contributed by atoms with Gasteiger partial charge in [0.2, 0.25) is 0 Å². The molecule has 2 aliphatic rings. The van der Waals surface area contributed by atoms with Crippen molar-refractivity contribution in [3.63, 3.8) is 0 Å². The van der Waals surface area contributed by atoms with Crippen molar-refractivity contribution in [2.24, 2.45) is 17.3 Å². The van der Waals surface area contributed by atoms with E-state index in [4.69, 9.17) is 9.47 Å². The third-order valence-corrected chi connectivity index (χ3v) is 4.81. The average Bonchev–Trinajstić information content (AvgIpc) is 2.82. The molecule has 0 N–H and O–H groups in total. The molecular formula is C19H23NO4. The number of carbonyl (C=O) groups is 2. The molecule has 1 heterocycles. The van der Waals surface area contributed by atoms with Crippen LogP contribution in [0.3, 0.4) is 0 Å². The van der Waals surface area contributed by atoms with Gasteiger partial charge >= 0.3 is 12.1 Å². The van der Waals surface area contributed by atoms with E-state index in [2.05, 4.69) is 19.9 Å². The van der Waals surface area contributed by atoms with Gasteiger partial charge in [0.1, 0.15) is 12.4 Å². The van der Waals surface area contributed by atoms with Gasteiger partial charge in [0.25, 0.3) is 0 Å². The largest absolute Gasteiger partial charge is 0.447 e. The first-order chi connectivity index (χ1) is 11.3. The molecule has 2 fully saturated rings. The Morgan fingerprint density at radius 2 is 1.96 bits per heavy atom. The summed E-state index contributed by atoms with van der Waals surface area (Å²) in [5.41, 5.74) is 1.89. The van der Waals surface area contributed by atoms with E-state index in [0.717, 1.165) is 5.69 Å². The van der Waals surface area contributed by atoms with Gasteiger partial charge in [-0.15, -0.1) is 0 Å². The minimum absolute atomic E-state index is 0.0619. The Hall–Kier alpha value is -2.30. The highest BCUT2D eigenvalue weighted by Crippen LogP contribution is 2.59. The van der Waals surface area contributed by atoms with Crippen molar-refractivity contribution < 1.29 is 19.1 Å². The van der Waals surface area contributed by atoms with Crippen LogP contribution in [0.15, 0.2) is 35.9 Å². The number of carbonyl (C=O) groups excluding carboxylic acids is 2. The molecule has 5 nitrogen and oxygen atoms in total. The zero-order valence-electron chi connectivity index (χ0n) is 14.5. The second-order valence-corrected chi connectivity index (χ2v) is 7.25. The summed E-state index contributed by atoms with van der Waals surface area (Å²) >= 11 is 0. The number of amides is 1. The van der Waals surface area contributed by atoms with Crippen molar-refractivity contribution in [3.8, 4) is 5.75 Å². The van der Waals surface area contributed by atoms with Gasteiger partial charge < -0.3 is 9.47 Å². The van der Waals surface area contributed by atoms with Crippen molar-refractivity contribution in [1.82, 2.24) is 0 Å². The highest BCUT2D eigenvalue weighted by molar-refractivity contribution is 5.89. The Balaban J connectivity index is 1.65. The molecule has 0 aromatic heterocycles. The Morgan fingerprint density at radius 3 is 2.50 bits per heavy atom. The van der Waals surface area contributed by atoms with Crippen molar-refractivity contribution in [1.29, 1.82) is 0 Å². The van der Waals surface area contributed by atoms with Crippen LogP contribution in [0.1, 0.15) is 27.7 Å². The van der Waals surface area contributed by atoms with Gasteiger partial charge in [-0.25, -0.2) is 4.79 Å². The lowest BCUT2D eigenvalue weighted by atomic mass is 10.1. The van der Waals surface area contributed by atoms with Crippen LogP contribution in [0.25, 0.3) is 0 Å². The molecule has 1 aliphatic carbocycles. The van der Waals surface area contributed by atoms with E-state index in [-0.39, 0.29) is 29.3 Å². The lowest BCUT2D eigenvalue weighted by Gasteiger charge is -2.13. The molecule has 24 heavy (non-hydrogen) atoms. The number of hydrogen-bond acceptors (Lipinski definition) is 4. The SMILES string of the molecule is CC(C)=C[C@H]1[C@H](C(=O)Oc2ccc(N3CCOC3=O)cc2)C1(C)C. The highest BCUT2D eigenvalue weighted by atomic mass is 16.6. The topological polar surface area (TPSA) is 55.8 Å². The van der Waals surface area contributed by atoms with Crippen LogP contribution in [0.2, 0.25) is 0 Å². The first kappa shape index (κ1) is 16.6. The maximum absolute atomic E-state index is 12.4. The molecule has 1 saturated heterocycles. The number of cyclic esters (lactones) is 1. The number of allylic oxidation sites excluding steroid dienone is 2. The molecule has 0 bridgehead atoms. The number of nitrogens with zero attached hydrogens (tertiary/aromatic N) is 1. The van der Waals surface area contributed by atoms with Crippen molar-refractivity contribution in [3.05, 3.63) is 35.9 Å². The van der Waals surface area contributed by atoms with Gasteiger partial charge in [0.05, 0.1) is 12.5 Å². The molecule has 0 spiro atoms. The zero-order valence-corrected chi connectivity index (χ0v) is 14.5. The van der Waals surface area contributed by atoms with Gasteiger partial charge in [-0.05, 0) is 49.4 Å². The second-order valence-electron chi connectivity index (χ2n) is 7.25. The molecule has 1 aliphatic heterocycles. The quantitative estimate of drug-likeness (QED) is 0.479. The molecule has 0 unspecified atom stereocenters. The minimum Gasteiger partial charge on any atom is -0.447 e. The normalized spacial score (nSPS) is 24.3. The monoisotopic (exact) mass is 329 g/mol. The van der Waals surface area contributed by atoms with E-state index in [1.165, 1.54) is 5.57 Å². The van der Waals surface area contributed by atoms with E-state index in [1.54, 1.807) is 29.2 Å². The van der Waals surface area contributed by atoms with Crippen LogP contribution in [0, 0.1) is 17.3 Å². The first-order valence-corrected chi connectivity index (χ1v) is 8.22. The van der Waals surface area contributed by atoms with Gasteiger partial charge in [-0.1, -0.05) is 25.5 Å². The fraction of sp³-hybridized carbons (Fsp3) is 0.474. The molecule has 1 saturated carbocycles. The van der Waals surface area contributed by atoms with E-state index >= 15 is 0 Å². The van der Waals surface area contributed by atoms with Gasteiger partial charge in [-0.2, -0.15) is 0 Å². The van der Waals surface area contributed by atoms with E-state index < -0.39 is 0 Å². The fourth-order valence-electron chi connectivity index (χ4n) is 3.30. The van der Waals surface area contributed by atoms with Crippen LogP contribution in [0.4, 0.5) is 10.5 Å². The third kappa shape index (κ3) is 3.03. The van der Waals surface area contributed by atoms with Crippen molar-refractivity contribution >= 4 is 17.7 Å². The van der Waals surface area contributed by atoms with Crippen molar-refractivity contribution in [2.75, 3.05) is 18.1 Å². The summed E-state index contributed by atoms with van der Waals surface area (Å²) in [5.74, 6) is 0.417. The predicted molar refractivity (Wildman–Crippen MR) is 91.0 cm³/mol. The summed E-state index contributed by atoms with van der Waals surface area (Å²) in [7, 11) is 0. The molecule has 0 radical (unpaired) electrons. The molecular weight excluding hydrogens is 306 g/mol. The number of ether oxygens (including phenoxy) is 2. The Labute approximate surface area is 142 Å². The van der Waals surface area contributed by atoms with Crippen LogP contribution in [0.5, 0.6) is 5.75 Å². The minimum atomic E-state index is -0.343. The van der Waals surface area contributed by atoms with Crippen LogP contribution in [-0.4, -0.2) is 25.2 Å². The van der Waals surface area contributed by atoms with Gasteiger partial charge in [0.15, 0.2) is 0 Å². The summed E-state index contributed by atoms with van der Waals surface area (Å²) in [6, 6.07) is 6.95. The predicted octanol–water partition coefficient (Wildman–Crippen LogP) is 3.79. The molecule has 1 amide bonds. The number of benzene rings is 1. The maximum atomic E-state index is 12.4.